The number of fused-ring (bicyclic) bond motifs is 1. The zero-order valence-electron chi connectivity index (χ0n) is 13.7. The first-order chi connectivity index (χ1) is 11.3. The van der Waals surface area contributed by atoms with E-state index in [-0.39, 0.29) is 17.8 Å². The zero-order chi connectivity index (χ0) is 15.7. The number of rotatable bonds is 4. The first kappa shape index (κ1) is 17.0. The highest BCUT2D eigenvalue weighted by Gasteiger charge is 2.41. The Balaban J connectivity index is 0.00000169. The Kier molecular flexibility index (Phi) is 4.93. The van der Waals surface area contributed by atoms with E-state index in [1.165, 1.54) is 16.8 Å². The standard InChI is InChI=1S/C20H22N2O.ClH/c23-19(17-6-7-18-16(12-17)8-10-22-18)20(9-11-21-14-20)13-15-4-2-1-3-5-15;/h1-7,12,21-22H,8-11,13-14H2;1H. The maximum absolute atomic E-state index is 13.3. The Bertz CT molecular complexity index is 724. The summed E-state index contributed by atoms with van der Waals surface area (Å²) >= 11 is 0. The van der Waals surface area contributed by atoms with Gasteiger partial charge in [-0.1, -0.05) is 30.3 Å². The molecule has 4 rings (SSSR count). The van der Waals surface area contributed by atoms with Crippen molar-refractivity contribution >= 4 is 23.9 Å². The van der Waals surface area contributed by atoms with Gasteiger partial charge in [0.1, 0.15) is 0 Å². The highest BCUT2D eigenvalue weighted by molar-refractivity contribution is 6.01. The minimum atomic E-state index is -0.304. The number of nitrogens with one attached hydrogen (secondary N) is 2. The molecule has 24 heavy (non-hydrogen) atoms. The molecule has 1 fully saturated rings. The van der Waals surface area contributed by atoms with Crippen LogP contribution < -0.4 is 10.6 Å². The monoisotopic (exact) mass is 342 g/mol. The van der Waals surface area contributed by atoms with E-state index in [2.05, 4.69) is 47.0 Å². The molecule has 2 aromatic carbocycles. The summed E-state index contributed by atoms with van der Waals surface area (Å²) in [5, 5.41) is 6.76. The van der Waals surface area contributed by atoms with Gasteiger partial charge in [-0.15, -0.1) is 12.4 Å². The average molecular weight is 343 g/mol. The summed E-state index contributed by atoms with van der Waals surface area (Å²) in [5.41, 5.74) is 4.26. The quantitative estimate of drug-likeness (QED) is 0.836. The minimum absolute atomic E-state index is 0. The van der Waals surface area contributed by atoms with Gasteiger partial charge in [-0.2, -0.15) is 0 Å². The number of carbonyl (C=O) groups is 1. The van der Waals surface area contributed by atoms with E-state index < -0.39 is 0 Å². The molecule has 0 amide bonds. The fraction of sp³-hybridized carbons (Fsp3) is 0.350. The van der Waals surface area contributed by atoms with Crippen LogP contribution in [0.4, 0.5) is 5.69 Å². The topological polar surface area (TPSA) is 41.1 Å². The second-order valence-electron chi connectivity index (χ2n) is 6.75. The van der Waals surface area contributed by atoms with E-state index in [4.69, 9.17) is 0 Å². The summed E-state index contributed by atoms with van der Waals surface area (Å²) in [6.45, 7) is 2.67. The van der Waals surface area contributed by atoms with Gasteiger partial charge >= 0.3 is 0 Å². The molecule has 0 saturated carbocycles. The van der Waals surface area contributed by atoms with Crippen LogP contribution in [-0.2, 0) is 12.8 Å². The Hall–Kier alpha value is -1.84. The molecular formula is C20H23ClN2O. The molecule has 0 spiro atoms. The maximum atomic E-state index is 13.3. The van der Waals surface area contributed by atoms with Gasteiger partial charge in [0.2, 0.25) is 0 Å². The van der Waals surface area contributed by atoms with E-state index in [1.54, 1.807) is 0 Å². The Morgan fingerprint density at radius 2 is 1.92 bits per heavy atom. The lowest BCUT2D eigenvalue weighted by atomic mass is 9.74. The van der Waals surface area contributed by atoms with E-state index in [9.17, 15) is 4.79 Å². The number of anilines is 1. The fourth-order valence-electron chi connectivity index (χ4n) is 3.91. The molecule has 1 saturated heterocycles. The molecule has 2 heterocycles. The van der Waals surface area contributed by atoms with Crippen LogP contribution in [0.25, 0.3) is 0 Å². The lowest BCUT2D eigenvalue weighted by Crippen LogP contribution is -2.36. The van der Waals surface area contributed by atoms with Crippen molar-refractivity contribution in [1.82, 2.24) is 5.32 Å². The molecular weight excluding hydrogens is 320 g/mol. The maximum Gasteiger partial charge on any atom is 0.170 e. The number of hydrogen-bond acceptors (Lipinski definition) is 3. The third-order valence-electron chi connectivity index (χ3n) is 5.19. The number of hydrogen-bond donors (Lipinski definition) is 2. The van der Waals surface area contributed by atoms with Crippen molar-refractivity contribution in [3.05, 3.63) is 65.2 Å². The summed E-state index contributed by atoms with van der Waals surface area (Å²) in [6, 6.07) is 16.5. The van der Waals surface area contributed by atoms with Crippen LogP contribution in [0, 0.1) is 5.41 Å². The summed E-state index contributed by atoms with van der Waals surface area (Å²) in [5.74, 6) is 0.293. The van der Waals surface area contributed by atoms with Crippen molar-refractivity contribution in [3.63, 3.8) is 0 Å². The van der Waals surface area contributed by atoms with Gasteiger partial charge in [0.05, 0.1) is 5.41 Å². The van der Waals surface area contributed by atoms with Gasteiger partial charge < -0.3 is 10.6 Å². The van der Waals surface area contributed by atoms with Crippen LogP contribution in [0.3, 0.4) is 0 Å². The van der Waals surface area contributed by atoms with Crippen molar-refractivity contribution in [2.75, 3.05) is 25.0 Å². The second-order valence-corrected chi connectivity index (χ2v) is 6.75. The van der Waals surface area contributed by atoms with E-state index in [1.807, 2.05) is 12.1 Å². The van der Waals surface area contributed by atoms with Crippen molar-refractivity contribution < 1.29 is 4.79 Å². The number of carbonyl (C=O) groups excluding carboxylic acids is 1. The van der Waals surface area contributed by atoms with Crippen LogP contribution in [0.5, 0.6) is 0 Å². The largest absolute Gasteiger partial charge is 0.384 e. The predicted molar refractivity (Wildman–Crippen MR) is 100 cm³/mol. The van der Waals surface area contributed by atoms with Crippen LogP contribution >= 0.6 is 12.4 Å². The lowest BCUT2D eigenvalue weighted by Gasteiger charge is -2.27. The first-order valence-corrected chi connectivity index (χ1v) is 8.43. The second kappa shape index (κ2) is 6.96. The highest BCUT2D eigenvalue weighted by Crippen LogP contribution is 2.35. The zero-order valence-corrected chi connectivity index (χ0v) is 14.5. The number of halogens is 1. The molecule has 1 unspecified atom stereocenters. The van der Waals surface area contributed by atoms with Crippen molar-refractivity contribution in [1.29, 1.82) is 0 Å². The number of ketones is 1. The third-order valence-corrected chi connectivity index (χ3v) is 5.19. The van der Waals surface area contributed by atoms with Crippen LogP contribution in [-0.4, -0.2) is 25.4 Å². The Morgan fingerprint density at radius 1 is 1.08 bits per heavy atom. The molecule has 4 heteroatoms. The fourth-order valence-corrected chi connectivity index (χ4v) is 3.91. The minimum Gasteiger partial charge on any atom is -0.384 e. The Morgan fingerprint density at radius 3 is 2.67 bits per heavy atom. The van der Waals surface area contributed by atoms with Crippen LogP contribution in [0.1, 0.15) is 27.9 Å². The Labute approximate surface area is 149 Å². The van der Waals surface area contributed by atoms with Gasteiger partial charge in [0.25, 0.3) is 0 Å². The van der Waals surface area contributed by atoms with Gasteiger partial charge in [0, 0.05) is 24.3 Å². The lowest BCUT2D eigenvalue weighted by molar-refractivity contribution is 0.0816. The van der Waals surface area contributed by atoms with E-state index in [0.717, 1.165) is 44.5 Å². The van der Waals surface area contributed by atoms with Crippen LogP contribution in [0.15, 0.2) is 48.5 Å². The molecule has 0 aliphatic carbocycles. The predicted octanol–water partition coefficient (Wildman–Crippen LogP) is 3.48. The summed E-state index contributed by atoms with van der Waals surface area (Å²) < 4.78 is 0. The van der Waals surface area contributed by atoms with E-state index in [0.29, 0.717) is 5.78 Å². The first-order valence-electron chi connectivity index (χ1n) is 8.43. The molecule has 2 N–H and O–H groups in total. The van der Waals surface area contributed by atoms with Crippen molar-refractivity contribution in [2.45, 2.75) is 19.3 Å². The molecule has 0 bridgehead atoms. The SMILES string of the molecule is Cl.O=C(c1ccc2c(c1)CCN2)C1(Cc2ccccc2)CCNC1. The molecule has 1 atom stereocenters. The number of Topliss-reactive ketones (excluding diaryl/α,β-unsaturated/α-hetero) is 1. The molecule has 2 aliphatic rings. The molecule has 3 nitrogen and oxygen atoms in total. The van der Waals surface area contributed by atoms with Crippen LogP contribution in [0.2, 0.25) is 0 Å². The molecule has 2 aromatic rings. The van der Waals surface area contributed by atoms with Crippen molar-refractivity contribution in [3.8, 4) is 0 Å². The summed E-state index contributed by atoms with van der Waals surface area (Å²) in [7, 11) is 0. The number of benzene rings is 2. The molecule has 2 aliphatic heterocycles. The molecule has 0 radical (unpaired) electrons. The summed E-state index contributed by atoms with van der Waals surface area (Å²) in [4.78, 5) is 13.3. The van der Waals surface area contributed by atoms with Gasteiger partial charge in [0.15, 0.2) is 5.78 Å². The van der Waals surface area contributed by atoms with E-state index >= 15 is 0 Å². The smallest absolute Gasteiger partial charge is 0.170 e. The highest BCUT2D eigenvalue weighted by atomic mass is 35.5. The molecule has 126 valence electrons. The average Bonchev–Trinajstić information content (AvgIpc) is 3.24. The van der Waals surface area contributed by atoms with Gasteiger partial charge in [-0.3, -0.25) is 4.79 Å². The van der Waals surface area contributed by atoms with Gasteiger partial charge in [-0.25, -0.2) is 0 Å². The molecule has 0 aromatic heterocycles. The van der Waals surface area contributed by atoms with Crippen molar-refractivity contribution in [2.24, 2.45) is 5.41 Å². The third kappa shape index (κ3) is 3.06. The summed E-state index contributed by atoms with van der Waals surface area (Å²) in [6.07, 6.45) is 2.74. The van der Waals surface area contributed by atoms with Gasteiger partial charge in [-0.05, 0) is 55.1 Å². The normalized spacial score (nSPS) is 21.7.